The summed E-state index contributed by atoms with van der Waals surface area (Å²) in [5, 5.41) is 11.0. The molecule has 2 fully saturated rings. The summed E-state index contributed by atoms with van der Waals surface area (Å²) in [6.45, 7) is 4.27. The minimum Gasteiger partial charge on any atom is -0.389 e. The van der Waals surface area contributed by atoms with Gasteiger partial charge >= 0.3 is 0 Å². The predicted molar refractivity (Wildman–Crippen MR) is 73.4 cm³/mol. The number of rotatable bonds is 4. The van der Waals surface area contributed by atoms with E-state index in [0.717, 1.165) is 31.6 Å². The Morgan fingerprint density at radius 2 is 1.78 bits per heavy atom. The molecule has 0 bridgehead atoms. The first-order chi connectivity index (χ1) is 8.66. The first-order valence-corrected chi connectivity index (χ1v) is 7.66. The van der Waals surface area contributed by atoms with Crippen LogP contribution in [0.2, 0.25) is 0 Å². The van der Waals surface area contributed by atoms with Crippen LogP contribution in [0.3, 0.4) is 0 Å². The maximum Gasteiger partial charge on any atom is 0.0759 e. The highest BCUT2D eigenvalue weighted by Crippen LogP contribution is 2.50. The van der Waals surface area contributed by atoms with Crippen molar-refractivity contribution in [1.82, 2.24) is 0 Å². The Morgan fingerprint density at radius 3 is 2.28 bits per heavy atom. The molecule has 0 spiro atoms. The molecule has 0 aromatic carbocycles. The van der Waals surface area contributed by atoms with Crippen molar-refractivity contribution in [2.45, 2.75) is 63.9 Å². The second-order valence-corrected chi connectivity index (χ2v) is 6.36. The van der Waals surface area contributed by atoms with Crippen LogP contribution in [0.4, 0.5) is 0 Å². The van der Waals surface area contributed by atoms with Crippen molar-refractivity contribution in [3.8, 4) is 0 Å². The fourth-order valence-electron chi connectivity index (χ4n) is 4.03. The highest BCUT2D eigenvalue weighted by molar-refractivity contribution is 5.02. The van der Waals surface area contributed by atoms with E-state index in [2.05, 4.69) is 6.92 Å². The van der Waals surface area contributed by atoms with E-state index in [9.17, 15) is 5.11 Å². The highest BCUT2D eigenvalue weighted by Gasteiger charge is 2.51. The zero-order valence-corrected chi connectivity index (χ0v) is 11.8. The molecule has 2 rings (SSSR count). The van der Waals surface area contributed by atoms with E-state index in [1.165, 1.54) is 25.7 Å². The Hall–Kier alpha value is -0.120. The van der Waals surface area contributed by atoms with E-state index in [1.807, 2.05) is 0 Å². The molecule has 1 saturated carbocycles. The van der Waals surface area contributed by atoms with Gasteiger partial charge in [0.05, 0.1) is 5.60 Å². The topological polar surface area (TPSA) is 55.5 Å². The molecule has 18 heavy (non-hydrogen) atoms. The third kappa shape index (κ3) is 2.59. The van der Waals surface area contributed by atoms with E-state index in [-0.39, 0.29) is 5.41 Å². The smallest absolute Gasteiger partial charge is 0.0759 e. The summed E-state index contributed by atoms with van der Waals surface area (Å²) in [5.74, 6) is 0.859. The van der Waals surface area contributed by atoms with Crippen LogP contribution in [0, 0.1) is 11.3 Å². The Bertz CT molecular complexity index is 253. The van der Waals surface area contributed by atoms with E-state index in [0.29, 0.717) is 19.8 Å². The molecule has 1 saturated heterocycles. The monoisotopic (exact) mass is 255 g/mol. The summed E-state index contributed by atoms with van der Waals surface area (Å²) in [6.07, 6.45) is 8.84. The minimum absolute atomic E-state index is 0.0407. The van der Waals surface area contributed by atoms with E-state index in [1.54, 1.807) is 0 Å². The van der Waals surface area contributed by atoms with Gasteiger partial charge in [0.15, 0.2) is 0 Å². The van der Waals surface area contributed by atoms with Crippen molar-refractivity contribution >= 4 is 0 Å². The molecule has 2 aliphatic rings. The Kier molecular flexibility index (Phi) is 4.68. The lowest BCUT2D eigenvalue weighted by Crippen LogP contribution is -2.56. The quantitative estimate of drug-likeness (QED) is 0.811. The van der Waals surface area contributed by atoms with Crippen LogP contribution in [0.5, 0.6) is 0 Å². The van der Waals surface area contributed by atoms with Gasteiger partial charge in [-0.1, -0.05) is 19.8 Å². The van der Waals surface area contributed by atoms with Crippen molar-refractivity contribution in [2.75, 3.05) is 19.8 Å². The lowest BCUT2D eigenvalue weighted by atomic mass is 9.58. The molecule has 106 valence electrons. The highest BCUT2D eigenvalue weighted by atomic mass is 16.5. The summed E-state index contributed by atoms with van der Waals surface area (Å²) in [7, 11) is 0. The second-order valence-electron chi connectivity index (χ2n) is 6.36. The average molecular weight is 255 g/mol. The van der Waals surface area contributed by atoms with Crippen LogP contribution in [-0.4, -0.2) is 30.5 Å². The third-order valence-corrected chi connectivity index (χ3v) is 5.46. The van der Waals surface area contributed by atoms with Crippen LogP contribution >= 0.6 is 0 Å². The van der Waals surface area contributed by atoms with Crippen molar-refractivity contribution in [3.63, 3.8) is 0 Å². The van der Waals surface area contributed by atoms with E-state index in [4.69, 9.17) is 10.5 Å². The molecule has 3 N–H and O–H groups in total. The van der Waals surface area contributed by atoms with Crippen molar-refractivity contribution < 1.29 is 9.84 Å². The van der Waals surface area contributed by atoms with Crippen LogP contribution in [0.25, 0.3) is 0 Å². The van der Waals surface area contributed by atoms with Gasteiger partial charge in [0, 0.05) is 38.0 Å². The lowest BCUT2D eigenvalue weighted by molar-refractivity contribution is -0.156. The van der Waals surface area contributed by atoms with Gasteiger partial charge in [-0.2, -0.15) is 0 Å². The van der Waals surface area contributed by atoms with Gasteiger partial charge in [-0.05, 0) is 31.6 Å². The largest absolute Gasteiger partial charge is 0.389 e. The van der Waals surface area contributed by atoms with Crippen LogP contribution < -0.4 is 5.73 Å². The Morgan fingerprint density at radius 1 is 1.17 bits per heavy atom. The first kappa shape index (κ1) is 14.3. The molecular weight excluding hydrogens is 226 g/mol. The zero-order chi connectivity index (χ0) is 13.1. The van der Waals surface area contributed by atoms with Crippen LogP contribution in [0.15, 0.2) is 0 Å². The molecule has 1 heterocycles. The molecular formula is C15H29NO2. The molecule has 3 heteroatoms. The fourth-order valence-corrected chi connectivity index (χ4v) is 4.03. The lowest BCUT2D eigenvalue weighted by Gasteiger charge is -2.52. The van der Waals surface area contributed by atoms with Crippen LogP contribution in [-0.2, 0) is 4.74 Å². The number of aliphatic hydroxyl groups is 1. The number of hydrogen-bond acceptors (Lipinski definition) is 3. The van der Waals surface area contributed by atoms with Crippen molar-refractivity contribution in [3.05, 3.63) is 0 Å². The molecule has 0 aromatic rings. The van der Waals surface area contributed by atoms with Gasteiger partial charge in [-0.25, -0.2) is 0 Å². The van der Waals surface area contributed by atoms with Crippen molar-refractivity contribution in [1.29, 1.82) is 0 Å². The van der Waals surface area contributed by atoms with Gasteiger partial charge in [-0.15, -0.1) is 0 Å². The van der Waals surface area contributed by atoms with Gasteiger partial charge in [0.25, 0.3) is 0 Å². The normalized spacial score (nSPS) is 36.5. The molecule has 0 amide bonds. The average Bonchev–Trinajstić information content (AvgIpc) is 2.41. The summed E-state index contributed by atoms with van der Waals surface area (Å²) >= 11 is 0. The molecule has 0 atom stereocenters. The summed E-state index contributed by atoms with van der Waals surface area (Å²) in [6, 6.07) is 0. The SMILES string of the molecule is CCCC1CCC(CN)(C2(O)CCOCC2)CC1. The molecule has 0 aromatic heterocycles. The number of nitrogens with two attached hydrogens (primary N) is 1. The zero-order valence-electron chi connectivity index (χ0n) is 11.8. The number of hydrogen-bond donors (Lipinski definition) is 2. The molecule has 1 aliphatic heterocycles. The fraction of sp³-hybridized carbons (Fsp3) is 1.00. The van der Waals surface area contributed by atoms with Gasteiger partial charge in [0.2, 0.25) is 0 Å². The van der Waals surface area contributed by atoms with Crippen LogP contribution in [0.1, 0.15) is 58.3 Å². The van der Waals surface area contributed by atoms with Gasteiger partial charge < -0.3 is 15.6 Å². The summed E-state index contributed by atoms with van der Waals surface area (Å²) < 4.78 is 5.40. The Balaban J connectivity index is 2.03. The first-order valence-electron chi connectivity index (χ1n) is 7.66. The van der Waals surface area contributed by atoms with Gasteiger partial charge in [0.1, 0.15) is 0 Å². The number of ether oxygens (including phenoxy) is 1. The standard InChI is InChI=1S/C15H29NO2/c1-2-3-13-4-6-14(12-16,7-5-13)15(17)8-10-18-11-9-15/h13,17H,2-12,16H2,1H3. The van der Waals surface area contributed by atoms with E-state index >= 15 is 0 Å². The maximum absolute atomic E-state index is 11.0. The maximum atomic E-state index is 11.0. The molecule has 1 aliphatic carbocycles. The molecule has 0 radical (unpaired) electrons. The van der Waals surface area contributed by atoms with Gasteiger partial charge in [-0.3, -0.25) is 0 Å². The second kappa shape index (κ2) is 5.89. The minimum atomic E-state index is -0.572. The predicted octanol–water partition coefficient (Wildman–Crippen LogP) is 2.46. The summed E-state index contributed by atoms with van der Waals surface area (Å²) in [4.78, 5) is 0. The Labute approximate surface area is 111 Å². The third-order valence-electron chi connectivity index (χ3n) is 5.46. The molecule has 3 nitrogen and oxygen atoms in total. The molecule has 0 unspecified atom stereocenters. The van der Waals surface area contributed by atoms with E-state index < -0.39 is 5.60 Å². The van der Waals surface area contributed by atoms with Crippen molar-refractivity contribution in [2.24, 2.45) is 17.1 Å². The summed E-state index contributed by atoms with van der Waals surface area (Å²) in [5.41, 5.74) is 5.46.